The first-order valence-electron chi connectivity index (χ1n) is 9.44. The SMILES string of the molecule is COc1cc(CNC2CCCCC2)c(Br)cc1OCc1ccccc1C. The van der Waals surface area contributed by atoms with E-state index in [9.17, 15) is 0 Å². The Balaban J connectivity index is 1.67. The second-order valence-corrected chi connectivity index (χ2v) is 7.88. The molecule has 1 N–H and O–H groups in total. The van der Waals surface area contributed by atoms with Crippen LogP contribution in [0.2, 0.25) is 0 Å². The lowest BCUT2D eigenvalue weighted by Crippen LogP contribution is -2.30. The molecular formula is C22H28BrNO2. The summed E-state index contributed by atoms with van der Waals surface area (Å²) in [4.78, 5) is 0. The lowest BCUT2D eigenvalue weighted by atomic mass is 9.95. The van der Waals surface area contributed by atoms with Crippen molar-refractivity contribution in [3.63, 3.8) is 0 Å². The number of rotatable bonds is 7. The van der Waals surface area contributed by atoms with Gasteiger partial charge in [-0.2, -0.15) is 0 Å². The summed E-state index contributed by atoms with van der Waals surface area (Å²) in [6.07, 6.45) is 6.63. The van der Waals surface area contributed by atoms with Crippen LogP contribution >= 0.6 is 15.9 Å². The summed E-state index contributed by atoms with van der Waals surface area (Å²) >= 11 is 3.70. The third kappa shape index (κ3) is 5.01. The van der Waals surface area contributed by atoms with E-state index in [2.05, 4.69) is 46.4 Å². The molecule has 0 saturated heterocycles. The van der Waals surface area contributed by atoms with Gasteiger partial charge >= 0.3 is 0 Å². The third-order valence-electron chi connectivity index (χ3n) is 5.16. The fourth-order valence-electron chi connectivity index (χ4n) is 3.47. The van der Waals surface area contributed by atoms with Crippen LogP contribution in [0.3, 0.4) is 0 Å². The van der Waals surface area contributed by atoms with E-state index in [1.165, 1.54) is 48.8 Å². The summed E-state index contributed by atoms with van der Waals surface area (Å²) in [6.45, 7) is 3.49. The number of hydrogen-bond donors (Lipinski definition) is 1. The van der Waals surface area contributed by atoms with E-state index in [1.807, 2.05) is 18.2 Å². The molecule has 1 fully saturated rings. The molecule has 0 heterocycles. The molecule has 2 aromatic rings. The number of halogens is 1. The summed E-state index contributed by atoms with van der Waals surface area (Å²) < 4.78 is 12.7. The van der Waals surface area contributed by atoms with Crippen LogP contribution in [0.4, 0.5) is 0 Å². The van der Waals surface area contributed by atoms with E-state index in [1.54, 1.807) is 7.11 Å². The molecule has 0 spiro atoms. The van der Waals surface area contributed by atoms with Gasteiger partial charge < -0.3 is 14.8 Å². The Morgan fingerprint density at radius 3 is 2.54 bits per heavy atom. The Bertz CT molecular complexity index is 726. The average Bonchev–Trinajstić information content (AvgIpc) is 2.67. The van der Waals surface area contributed by atoms with Gasteiger partial charge in [0.05, 0.1) is 7.11 Å². The van der Waals surface area contributed by atoms with Crippen LogP contribution in [0.15, 0.2) is 40.9 Å². The maximum Gasteiger partial charge on any atom is 0.162 e. The molecule has 4 heteroatoms. The van der Waals surface area contributed by atoms with Crippen LogP contribution < -0.4 is 14.8 Å². The number of methoxy groups -OCH3 is 1. The van der Waals surface area contributed by atoms with Crippen molar-refractivity contribution in [2.45, 2.75) is 58.2 Å². The molecule has 2 aromatic carbocycles. The number of nitrogens with one attached hydrogen (secondary N) is 1. The van der Waals surface area contributed by atoms with Crippen molar-refractivity contribution < 1.29 is 9.47 Å². The molecule has 0 radical (unpaired) electrons. The smallest absolute Gasteiger partial charge is 0.162 e. The predicted octanol–water partition coefficient (Wildman–Crippen LogP) is 5.77. The van der Waals surface area contributed by atoms with Gasteiger partial charge in [0.1, 0.15) is 6.61 Å². The summed E-state index contributed by atoms with van der Waals surface area (Å²) in [6, 6.07) is 13.0. The summed E-state index contributed by atoms with van der Waals surface area (Å²) in [5.41, 5.74) is 3.63. The molecule has 0 aliphatic heterocycles. The van der Waals surface area contributed by atoms with Crippen LogP contribution in [-0.2, 0) is 13.2 Å². The number of ether oxygens (including phenoxy) is 2. The third-order valence-corrected chi connectivity index (χ3v) is 5.90. The predicted molar refractivity (Wildman–Crippen MR) is 110 cm³/mol. The van der Waals surface area contributed by atoms with Crippen molar-refractivity contribution in [2.75, 3.05) is 7.11 Å². The van der Waals surface area contributed by atoms with E-state index < -0.39 is 0 Å². The molecule has 1 saturated carbocycles. The van der Waals surface area contributed by atoms with E-state index in [-0.39, 0.29) is 0 Å². The standard InChI is InChI=1S/C22H28BrNO2/c1-16-8-6-7-9-17(16)15-26-22-13-20(23)18(12-21(22)25-2)14-24-19-10-4-3-5-11-19/h6-9,12-13,19,24H,3-5,10-11,14-15H2,1-2H3. The molecular weight excluding hydrogens is 390 g/mol. The Morgan fingerprint density at radius 1 is 1.04 bits per heavy atom. The molecule has 3 nitrogen and oxygen atoms in total. The van der Waals surface area contributed by atoms with Crippen LogP contribution in [0.25, 0.3) is 0 Å². The van der Waals surface area contributed by atoms with Gasteiger partial charge in [0.25, 0.3) is 0 Å². The molecule has 0 amide bonds. The monoisotopic (exact) mass is 417 g/mol. The minimum Gasteiger partial charge on any atom is -0.493 e. The zero-order valence-electron chi connectivity index (χ0n) is 15.7. The van der Waals surface area contributed by atoms with Gasteiger partial charge in [0, 0.05) is 17.1 Å². The van der Waals surface area contributed by atoms with E-state index in [0.29, 0.717) is 12.6 Å². The van der Waals surface area contributed by atoms with Crippen molar-refractivity contribution in [1.82, 2.24) is 5.32 Å². The highest BCUT2D eigenvalue weighted by Crippen LogP contribution is 2.34. The molecule has 1 aliphatic carbocycles. The van der Waals surface area contributed by atoms with Crippen LogP contribution in [0.1, 0.15) is 48.8 Å². The lowest BCUT2D eigenvalue weighted by molar-refractivity contribution is 0.283. The highest BCUT2D eigenvalue weighted by molar-refractivity contribution is 9.10. The Morgan fingerprint density at radius 2 is 1.81 bits per heavy atom. The van der Waals surface area contributed by atoms with Crippen molar-refractivity contribution in [2.24, 2.45) is 0 Å². The van der Waals surface area contributed by atoms with Crippen molar-refractivity contribution in [3.05, 3.63) is 57.6 Å². The Hall–Kier alpha value is -1.52. The highest BCUT2D eigenvalue weighted by atomic mass is 79.9. The van der Waals surface area contributed by atoms with Gasteiger partial charge in [-0.05, 0) is 48.6 Å². The zero-order valence-corrected chi connectivity index (χ0v) is 17.3. The van der Waals surface area contributed by atoms with Crippen molar-refractivity contribution in [1.29, 1.82) is 0 Å². The van der Waals surface area contributed by atoms with Crippen LogP contribution in [-0.4, -0.2) is 13.2 Å². The number of hydrogen-bond acceptors (Lipinski definition) is 3. The van der Waals surface area contributed by atoms with E-state index in [0.717, 1.165) is 22.5 Å². The molecule has 0 bridgehead atoms. The van der Waals surface area contributed by atoms with E-state index in [4.69, 9.17) is 9.47 Å². The minimum atomic E-state index is 0.537. The lowest BCUT2D eigenvalue weighted by Gasteiger charge is -2.23. The maximum absolute atomic E-state index is 6.05. The van der Waals surface area contributed by atoms with Crippen LogP contribution in [0.5, 0.6) is 11.5 Å². The summed E-state index contributed by atoms with van der Waals surface area (Å²) in [5, 5.41) is 3.69. The quantitative estimate of drug-likeness (QED) is 0.620. The second-order valence-electron chi connectivity index (χ2n) is 7.03. The molecule has 0 aromatic heterocycles. The molecule has 3 rings (SSSR count). The minimum absolute atomic E-state index is 0.537. The number of aryl methyl sites for hydroxylation is 1. The largest absolute Gasteiger partial charge is 0.493 e. The van der Waals surface area contributed by atoms with Crippen molar-refractivity contribution >= 4 is 15.9 Å². The fraction of sp³-hybridized carbons (Fsp3) is 0.455. The number of benzene rings is 2. The van der Waals surface area contributed by atoms with Gasteiger partial charge in [0.15, 0.2) is 11.5 Å². The normalized spacial score (nSPS) is 15.0. The van der Waals surface area contributed by atoms with Crippen LogP contribution in [0, 0.1) is 6.92 Å². The molecule has 0 atom stereocenters. The van der Waals surface area contributed by atoms with Gasteiger partial charge in [-0.1, -0.05) is 59.5 Å². The summed E-state index contributed by atoms with van der Waals surface area (Å²) in [7, 11) is 1.70. The van der Waals surface area contributed by atoms with Gasteiger partial charge in [-0.15, -0.1) is 0 Å². The molecule has 0 unspecified atom stereocenters. The zero-order chi connectivity index (χ0) is 18.4. The first-order chi connectivity index (χ1) is 12.7. The first kappa shape index (κ1) is 19.2. The Labute approximate surface area is 165 Å². The fourth-order valence-corrected chi connectivity index (χ4v) is 3.94. The highest BCUT2D eigenvalue weighted by Gasteiger charge is 2.15. The van der Waals surface area contributed by atoms with Gasteiger partial charge in [0.2, 0.25) is 0 Å². The molecule has 140 valence electrons. The topological polar surface area (TPSA) is 30.5 Å². The average molecular weight is 418 g/mol. The molecule has 1 aliphatic rings. The van der Waals surface area contributed by atoms with Gasteiger partial charge in [-0.25, -0.2) is 0 Å². The second kappa shape index (κ2) is 9.43. The first-order valence-corrected chi connectivity index (χ1v) is 10.2. The molecule has 26 heavy (non-hydrogen) atoms. The van der Waals surface area contributed by atoms with Crippen molar-refractivity contribution in [3.8, 4) is 11.5 Å². The van der Waals surface area contributed by atoms with Gasteiger partial charge in [-0.3, -0.25) is 0 Å². The van der Waals surface area contributed by atoms with E-state index >= 15 is 0 Å². The summed E-state index contributed by atoms with van der Waals surface area (Å²) in [5.74, 6) is 1.55. The maximum atomic E-state index is 6.05. The Kier molecular flexibility index (Phi) is 6.98.